The molecule has 1 aliphatic rings. The van der Waals surface area contributed by atoms with E-state index in [1.165, 1.54) is 0 Å². The molecule has 1 aliphatic heterocycles. The maximum atomic E-state index is 12.7. The van der Waals surface area contributed by atoms with Crippen LogP contribution in [0.4, 0.5) is 10.7 Å². The topological polar surface area (TPSA) is 79.2 Å². The number of rotatable bonds is 4. The number of piperazine rings is 1. The van der Waals surface area contributed by atoms with Crippen LogP contribution in [0.1, 0.15) is 25.7 Å². The lowest BCUT2D eigenvalue weighted by Gasteiger charge is -2.35. The number of amides is 2. The lowest BCUT2D eigenvalue weighted by Crippen LogP contribution is -2.53. The van der Waals surface area contributed by atoms with Gasteiger partial charge in [-0.25, -0.2) is 19.7 Å². The van der Waals surface area contributed by atoms with E-state index in [9.17, 15) is 4.79 Å². The van der Waals surface area contributed by atoms with Crippen molar-refractivity contribution in [3.05, 3.63) is 36.7 Å². The normalized spacial score (nSPS) is 16.2. The molecule has 2 aromatic heterocycles. The summed E-state index contributed by atoms with van der Waals surface area (Å²) in [7, 11) is 1.95. The van der Waals surface area contributed by atoms with Gasteiger partial charge < -0.3 is 19.7 Å². The van der Waals surface area contributed by atoms with Gasteiger partial charge in [0.1, 0.15) is 5.82 Å². The van der Waals surface area contributed by atoms with Crippen LogP contribution < -0.4 is 10.2 Å². The van der Waals surface area contributed by atoms with E-state index in [1.807, 2.05) is 22.7 Å². The van der Waals surface area contributed by atoms with Gasteiger partial charge in [-0.3, -0.25) is 0 Å². The van der Waals surface area contributed by atoms with E-state index in [0.717, 1.165) is 24.9 Å². The van der Waals surface area contributed by atoms with Crippen LogP contribution in [0.25, 0.3) is 0 Å². The van der Waals surface area contributed by atoms with Crippen molar-refractivity contribution >= 4 is 12.0 Å². The highest BCUT2D eigenvalue weighted by molar-refractivity contribution is 5.75. The molecular formula is C17H25N7O. The fourth-order valence-electron chi connectivity index (χ4n) is 2.99. The van der Waals surface area contributed by atoms with Crippen LogP contribution in [0.3, 0.4) is 0 Å². The van der Waals surface area contributed by atoms with Crippen molar-refractivity contribution in [1.29, 1.82) is 0 Å². The summed E-state index contributed by atoms with van der Waals surface area (Å²) in [5, 5.41) is 3.14. The summed E-state index contributed by atoms with van der Waals surface area (Å²) in [5.41, 5.74) is 0. The molecular weight excluding hydrogens is 318 g/mol. The number of hydrogen-bond acceptors (Lipinski definition) is 5. The van der Waals surface area contributed by atoms with Crippen LogP contribution in [0, 0.1) is 5.92 Å². The molecule has 2 aromatic rings. The van der Waals surface area contributed by atoms with Crippen molar-refractivity contribution in [2.75, 3.05) is 31.1 Å². The van der Waals surface area contributed by atoms with Crippen molar-refractivity contribution in [3.8, 4) is 0 Å². The van der Waals surface area contributed by atoms with E-state index in [0.29, 0.717) is 13.1 Å². The Balaban J connectivity index is 1.59. The summed E-state index contributed by atoms with van der Waals surface area (Å²) in [6.45, 7) is 6.93. The third kappa shape index (κ3) is 3.89. The molecule has 0 aliphatic carbocycles. The van der Waals surface area contributed by atoms with E-state index < -0.39 is 0 Å². The molecule has 0 aromatic carbocycles. The smallest absolute Gasteiger partial charge is 0.318 e. The van der Waals surface area contributed by atoms with E-state index in [1.54, 1.807) is 24.7 Å². The molecule has 1 fully saturated rings. The highest BCUT2D eigenvalue weighted by atomic mass is 16.2. The van der Waals surface area contributed by atoms with Crippen LogP contribution in [-0.4, -0.2) is 56.6 Å². The van der Waals surface area contributed by atoms with Gasteiger partial charge in [-0.05, 0) is 12.0 Å². The fraction of sp³-hybridized carbons (Fsp3) is 0.529. The minimum atomic E-state index is -0.108. The summed E-state index contributed by atoms with van der Waals surface area (Å²) in [6, 6.07) is 1.65. The van der Waals surface area contributed by atoms with Gasteiger partial charge in [0.15, 0.2) is 0 Å². The number of nitrogens with zero attached hydrogens (tertiary/aromatic N) is 6. The zero-order chi connectivity index (χ0) is 17.8. The summed E-state index contributed by atoms with van der Waals surface area (Å²) >= 11 is 0. The van der Waals surface area contributed by atoms with E-state index in [2.05, 4.69) is 39.0 Å². The highest BCUT2D eigenvalue weighted by Crippen LogP contribution is 2.20. The standard InChI is InChI=1S/C17H25N7O/c1-13(2)14(15-18-7-8-22(15)3)21-17(25)24-11-9-23(10-12-24)16-19-5-4-6-20-16/h4-8,13-14H,9-12H2,1-3H3,(H,21,25). The van der Waals surface area contributed by atoms with E-state index in [-0.39, 0.29) is 18.0 Å². The Morgan fingerprint density at radius 3 is 2.32 bits per heavy atom. The molecule has 8 heteroatoms. The molecule has 1 atom stereocenters. The van der Waals surface area contributed by atoms with Crippen LogP contribution in [0.15, 0.2) is 30.9 Å². The molecule has 0 bridgehead atoms. The average Bonchev–Trinajstić information content (AvgIpc) is 3.05. The Kier molecular flexibility index (Phi) is 5.16. The number of aromatic nitrogens is 4. The minimum Gasteiger partial charge on any atom is -0.337 e. The molecule has 2 amide bonds. The van der Waals surface area contributed by atoms with Crippen molar-refractivity contribution in [3.63, 3.8) is 0 Å². The number of carbonyl (C=O) groups is 1. The molecule has 0 spiro atoms. The predicted molar refractivity (Wildman–Crippen MR) is 95.1 cm³/mol. The first-order valence-electron chi connectivity index (χ1n) is 8.61. The van der Waals surface area contributed by atoms with Crippen LogP contribution in [0.2, 0.25) is 0 Å². The van der Waals surface area contributed by atoms with Crippen molar-refractivity contribution < 1.29 is 4.79 Å². The Morgan fingerprint density at radius 1 is 1.08 bits per heavy atom. The third-order valence-electron chi connectivity index (χ3n) is 4.48. The molecule has 3 rings (SSSR count). The van der Waals surface area contributed by atoms with Gasteiger partial charge in [0.2, 0.25) is 5.95 Å². The Morgan fingerprint density at radius 2 is 1.76 bits per heavy atom. The Labute approximate surface area is 147 Å². The minimum absolute atomic E-state index is 0.0460. The monoisotopic (exact) mass is 343 g/mol. The second-order valence-corrected chi connectivity index (χ2v) is 6.59. The van der Waals surface area contributed by atoms with E-state index >= 15 is 0 Å². The molecule has 3 heterocycles. The highest BCUT2D eigenvalue weighted by Gasteiger charge is 2.27. The summed E-state index contributed by atoms with van der Waals surface area (Å²) in [5.74, 6) is 1.85. The predicted octanol–water partition coefficient (Wildman–Crippen LogP) is 1.44. The van der Waals surface area contributed by atoms with Crippen molar-refractivity contribution in [2.24, 2.45) is 13.0 Å². The lowest BCUT2D eigenvalue weighted by molar-refractivity contribution is 0.185. The number of imidazole rings is 1. The maximum Gasteiger partial charge on any atom is 0.318 e. The van der Waals surface area contributed by atoms with Gasteiger partial charge in [-0.15, -0.1) is 0 Å². The molecule has 1 saturated heterocycles. The Hall–Kier alpha value is -2.64. The summed E-state index contributed by atoms with van der Waals surface area (Å²) < 4.78 is 1.95. The molecule has 25 heavy (non-hydrogen) atoms. The second kappa shape index (κ2) is 7.50. The summed E-state index contributed by atoms with van der Waals surface area (Å²) in [6.07, 6.45) is 7.13. The first-order valence-corrected chi connectivity index (χ1v) is 8.61. The van der Waals surface area contributed by atoms with Crippen LogP contribution in [0.5, 0.6) is 0 Å². The molecule has 1 unspecified atom stereocenters. The first kappa shape index (κ1) is 17.2. The van der Waals surface area contributed by atoms with Crippen LogP contribution >= 0.6 is 0 Å². The lowest BCUT2D eigenvalue weighted by atomic mass is 10.0. The van der Waals surface area contributed by atoms with Crippen molar-refractivity contribution in [1.82, 2.24) is 29.7 Å². The Bertz CT molecular complexity index is 692. The van der Waals surface area contributed by atoms with Gasteiger partial charge in [-0.2, -0.15) is 0 Å². The zero-order valence-corrected chi connectivity index (χ0v) is 15.0. The quantitative estimate of drug-likeness (QED) is 0.909. The maximum absolute atomic E-state index is 12.7. The molecule has 134 valence electrons. The van der Waals surface area contributed by atoms with E-state index in [4.69, 9.17) is 0 Å². The number of anilines is 1. The SMILES string of the molecule is CC(C)C(NC(=O)N1CCN(c2ncccn2)CC1)c1nccn1C. The average molecular weight is 343 g/mol. The van der Waals surface area contributed by atoms with Gasteiger partial charge in [-0.1, -0.05) is 13.8 Å². The fourth-order valence-corrected chi connectivity index (χ4v) is 2.99. The molecule has 0 radical (unpaired) electrons. The van der Waals surface area contributed by atoms with Crippen LogP contribution in [-0.2, 0) is 7.05 Å². The zero-order valence-electron chi connectivity index (χ0n) is 15.0. The molecule has 8 nitrogen and oxygen atoms in total. The summed E-state index contributed by atoms with van der Waals surface area (Å²) in [4.78, 5) is 29.6. The first-order chi connectivity index (χ1) is 12.1. The van der Waals surface area contributed by atoms with Gasteiger partial charge >= 0.3 is 6.03 Å². The number of urea groups is 1. The number of nitrogens with one attached hydrogen (secondary N) is 1. The molecule has 0 saturated carbocycles. The third-order valence-corrected chi connectivity index (χ3v) is 4.48. The van der Waals surface area contributed by atoms with Gasteiger partial charge in [0.05, 0.1) is 6.04 Å². The second-order valence-electron chi connectivity index (χ2n) is 6.59. The van der Waals surface area contributed by atoms with Gasteiger partial charge in [0.25, 0.3) is 0 Å². The molecule has 1 N–H and O–H groups in total. The van der Waals surface area contributed by atoms with Gasteiger partial charge in [0, 0.05) is 58.0 Å². The number of carbonyl (C=O) groups excluding carboxylic acids is 1. The van der Waals surface area contributed by atoms with Crippen molar-refractivity contribution in [2.45, 2.75) is 19.9 Å². The number of hydrogen-bond donors (Lipinski definition) is 1. The number of aryl methyl sites for hydroxylation is 1. The largest absolute Gasteiger partial charge is 0.337 e.